The molecule has 0 spiro atoms. The number of ether oxygens (including phenoxy) is 1. The van der Waals surface area contributed by atoms with Crippen LogP contribution >= 0.6 is 11.6 Å². The molecule has 8 heteroatoms. The fourth-order valence-electron chi connectivity index (χ4n) is 3.68. The highest BCUT2D eigenvalue weighted by atomic mass is 35.5. The molecule has 0 aromatic heterocycles. The van der Waals surface area contributed by atoms with E-state index in [1.807, 2.05) is 0 Å². The molecule has 0 N–H and O–H groups in total. The lowest BCUT2D eigenvalue weighted by atomic mass is 9.78. The Bertz CT molecular complexity index is 807. The predicted molar refractivity (Wildman–Crippen MR) is 80.0 cm³/mol. The molecule has 2 bridgehead atoms. The van der Waals surface area contributed by atoms with Crippen molar-refractivity contribution < 1.29 is 19.2 Å². The van der Waals surface area contributed by atoms with E-state index < -0.39 is 40.3 Å². The molecule has 118 valence electrons. The van der Waals surface area contributed by atoms with Crippen molar-refractivity contribution in [3.63, 3.8) is 0 Å². The minimum absolute atomic E-state index is 0.0493. The maximum atomic E-state index is 12.8. The highest BCUT2D eigenvalue weighted by molar-refractivity contribution is 6.36. The topological polar surface area (TPSA) is 89.8 Å². The first-order valence-electron chi connectivity index (χ1n) is 7.02. The molecule has 3 heterocycles. The van der Waals surface area contributed by atoms with E-state index in [4.69, 9.17) is 16.3 Å². The summed E-state index contributed by atoms with van der Waals surface area (Å²) < 4.78 is 5.72. The molecule has 2 amide bonds. The van der Waals surface area contributed by atoms with Crippen molar-refractivity contribution in [2.75, 3.05) is 4.90 Å². The lowest BCUT2D eigenvalue weighted by molar-refractivity contribution is -0.384. The minimum atomic E-state index is -0.815. The Balaban J connectivity index is 1.81. The number of imide groups is 1. The van der Waals surface area contributed by atoms with E-state index in [2.05, 4.69) is 0 Å². The van der Waals surface area contributed by atoms with Crippen molar-refractivity contribution >= 4 is 34.8 Å². The van der Waals surface area contributed by atoms with Crippen LogP contribution in [-0.4, -0.2) is 28.4 Å². The first-order valence-corrected chi connectivity index (χ1v) is 7.40. The molecular weight excluding hydrogens is 324 g/mol. The van der Waals surface area contributed by atoms with Gasteiger partial charge in [0.25, 0.3) is 5.69 Å². The van der Waals surface area contributed by atoms with E-state index >= 15 is 0 Å². The number of carbonyl (C=O) groups excluding carboxylic acids is 2. The SMILES string of the molecule is C[C@@]12C=C[C@@H](O1)[C@@H]1C(=O)N(c3cc([N+](=O)[O-])ccc3Cl)C(=O)[C@@H]12. The lowest BCUT2D eigenvalue weighted by Gasteiger charge is -2.24. The van der Waals surface area contributed by atoms with Gasteiger partial charge in [-0.25, -0.2) is 4.90 Å². The number of nitro groups is 1. The summed E-state index contributed by atoms with van der Waals surface area (Å²) in [4.78, 5) is 36.8. The Hall–Kier alpha value is -2.25. The molecule has 0 unspecified atom stereocenters. The molecule has 23 heavy (non-hydrogen) atoms. The van der Waals surface area contributed by atoms with E-state index in [0.717, 1.165) is 11.0 Å². The molecule has 3 aliphatic rings. The lowest BCUT2D eigenvalue weighted by Crippen LogP contribution is -2.38. The van der Waals surface area contributed by atoms with Crippen molar-refractivity contribution in [3.05, 3.63) is 45.5 Å². The second-order valence-corrected chi connectivity index (χ2v) is 6.44. The zero-order valence-electron chi connectivity index (χ0n) is 11.9. The Kier molecular flexibility index (Phi) is 2.74. The number of non-ortho nitro benzene ring substituents is 1. The third kappa shape index (κ3) is 1.74. The number of hydrogen-bond donors (Lipinski definition) is 0. The second kappa shape index (κ2) is 4.39. The van der Waals surface area contributed by atoms with E-state index in [1.165, 1.54) is 12.1 Å². The Morgan fingerprint density at radius 1 is 1.35 bits per heavy atom. The van der Waals surface area contributed by atoms with Gasteiger partial charge < -0.3 is 4.74 Å². The van der Waals surface area contributed by atoms with Crippen molar-refractivity contribution in [2.45, 2.75) is 18.6 Å². The molecule has 2 fully saturated rings. The van der Waals surface area contributed by atoms with Gasteiger partial charge in [0.1, 0.15) is 0 Å². The maximum absolute atomic E-state index is 12.8. The number of nitrogens with zero attached hydrogens (tertiary/aromatic N) is 2. The normalized spacial score (nSPS) is 34.3. The number of nitro benzene ring substituents is 1. The summed E-state index contributed by atoms with van der Waals surface area (Å²) in [6.07, 6.45) is 3.14. The summed E-state index contributed by atoms with van der Waals surface area (Å²) in [7, 11) is 0. The van der Waals surface area contributed by atoms with Crippen LogP contribution in [0.15, 0.2) is 30.4 Å². The van der Waals surface area contributed by atoms with Crippen LogP contribution in [0.3, 0.4) is 0 Å². The van der Waals surface area contributed by atoms with Crippen molar-refractivity contribution in [2.24, 2.45) is 11.8 Å². The molecule has 7 nitrogen and oxygen atoms in total. The van der Waals surface area contributed by atoms with E-state index in [9.17, 15) is 19.7 Å². The average molecular weight is 335 g/mol. The molecule has 4 rings (SSSR count). The number of fused-ring (bicyclic) bond motifs is 5. The number of benzene rings is 1. The average Bonchev–Trinajstić information content (AvgIpc) is 3.09. The largest absolute Gasteiger partial charge is 0.362 e. The van der Waals surface area contributed by atoms with Crippen molar-refractivity contribution in [1.29, 1.82) is 0 Å². The van der Waals surface area contributed by atoms with Crippen LogP contribution in [0.25, 0.3) is 0 Å². The van der Waals surface area contributed by atoms with Crippen LogP contribution in [0.2, 0.25) is 5.02 Å². The van der Waals surface area contributed by atoms with Crippen LogP contribution in [0.4, 0.5) is 11.4 Å². The number of anilines is 1. The summed E-state index contributed by atoms with van der Waals surface area (Å²) in [5, 5.41) is 11.1. The third-order valence-electron chi connectivity index (χ3n) is 4.71. The first-order chi connectivity index (χ1) is 10.8. The van der Waals surface area contributed by atoms with Gasteiger partial charge in [-0.3, -0.25) is 19.7 Å². The Labute approximate surface area is 135 Å². The molecule has 3 aliphatic heterocycles. The molecule has 1 aromatic rings. The van der Waals surface area contributed by atoms with Gasteiger partial charge in [0.05, 0.1) is 39.2 Å². The zero-order chi connectivity index (χ0) is 16.5. The van der Waals surface area contributed by atoms with Gasteiger partial charge in [-0.05, 0) is 13.0 Å². The van der Waals surface area contributed by atoms with Crippen LogP contribution < -0.4 is 4.90 Å². The molecule has 4 atom stereocenters. The molecular formula is C15H11ClN2O5. The summed E-state index contributed by atoms with van der Waals surface area (Å²) in [5.74, 6) is -2.09. The molecule has 1 aromatic carbocycles. The third-order valence-corrected chi connectivity index (χ3v) is 5.03. The van der Waals surface area contributed by atoms with Crippen LogP contribution in [-0.2, 0) is 14.3 Å². The summed E-state index contributed by atoms with van der Waals surface area (Å²) in [6.45, 7) is 1.76. The van der Waals surface area contributed by atoms with Gasteiger partial charge in [-0.1, -0.05) is 23.8 Å². The standard InChI is InChI=1S/C15H11ClN2O5/c1-15-5-4-10(23-15)11-12(15)14(20)17(13(11)19)9-6-7(18(21)22)2-3-8(9)16/h2-6,10-12H,1H3/t10-,11+,12-,15+/m1/s1. The van der Waals surface area contributed by atoms with Crippen LogP contribution in [0.5, 0.6) is 0 Å². The Morgan fingerprint density at radius 3 is 2.74 bits per heavy atom. The molecule has 0 saturated carbocycles. The molecule has 0 radical (unpaired) electrons. The van der Waals surface area contributed by atoms with E-state index in [1.54, 1.807) is 19.1 Å². The zero-order valence-corrected chi connectivity index (χ0v) is 12.7. The summed E-state index contributed by atoms with van der Waals surface area (Å²) in [5.41, 5.74) is -0.997. The van der Waals surface area contributed by atoms with Gasteiger partial charge >= 0.3 is 0 Å². The van der Waals surface area contributed by atoms with Gasteiger partial charge in [0.2, 0.25) is 11.8 Å². The summed E-state index contributed by atoms with van der Waals surface area (Å²) >= 11 is 6.08. The highest BCUT2D eigenvalue weighted by Gasteiger charge is 2.66. The van der Waals surface area contributed by atoms with Gasteiger partial charge in [0.15, 0.2) is 0 Å². The predicted octanol–water partition coefficient (Wildman–Crippen LogP) is 2.08. The highest BCUT2D eigenvalue weighted by Crippen LogP contribution is 2.52. The smallest absolute Gasteiger partial charge is 0.271 e. The minimum Gasteiger partial charge on any atom is -0.362 e. The number of carbonyl (C=O) groups is 2. The monoisotopic (exact) mass is 334 g/mol. The second-order valence-electron chi connectivity index (χ2n) is 6.03. The van der Waals surface area contributed by atoms with Crippen LogP contribution in [0.1, 0.15) is 6.92 Å². The molecule has 0 aliphatic carbocycles. The maximum Gasteiger partial charge on any atom is 0.271 e. The number of hydrogen-bond acceptors (Lipinski definition) is 5. The molecule has 2 saturated heterocycles. The van der Waals surface area contributed by atoms with Gasteiger partial charge in [-0.15, -0.1) is 0 Å². The van der Waals surface area contributed by atoms with Crippen molar-refractivity contribution in [3.8, 4) is 0 Å². The fraction of sp³-hybridized carbons (Fsp3) is 0.333. The van der Waals surface area contributed by atoms with E-state index in [-0.39, 0.29) is 16.4 Å². The van der Waals surface area contributed by atoms with Crippen molar-refractivity contribution in [1.82, 2.24) is 0 Å². The fourth-order valence-corrected chi connectivity index (χ4v) is 3.88. The first kappa shape index (κ1) is 14.3. The number of amides is 2. The number of rotatable bonds is 2. The number of halogens is 1. The van der Waals surface area contributed by atoms with Crippen LogP contribution in [0, 0.1) is 22.0 Å². The van der Waals surface area contributed by atoms with Gasteiger partial charge in [0, 0.05) is 12.1 Å². The van der Waals surface area contributed by atoms with Gasteiger partial charge in [-0.2, -0.15) is 0 Å². The quantitative estimate of drug-likeness (QED) is 0.357. The summed E-state index contributed by atoms with van der Waals surface area (Å²) in [6, 6.07) is 3.69. The van der Waals surface area contributed by atoms with E-state index in [0.29, 0.717) is 0 Å². The Morgan fingerprint density at radius 2 is 2.09 bits per heavy atom.